The van der Waals surface area contributed by atoms with Crippen molar-refractivity contribution in [2.75, 3.05) is 26.2 Å². The van der Waals surface area contributed by atoms with Gasteiger partial charge >= 0.3 is 6.36 Å². The van der Waals surface area contributed by atoms with Gasteiger partial charge in [-0.3, -0.25) is 4.79 Å². The summed E-state index contributed by atoms with van der Waals surface area (Å²) in [5, 5.41) is 0. The van der Waals surface area contributed by atoms with Crippen molar-refractivity contribution < 1.29 is 22.7 Å². The molecule has 0 spiro atoms. The van der Waals surface area contributed by atoms with Crippen LogP contribution < -0.4 is 4.74 Å². The van der Waals surface area contributed by atoms with E-state index in [0.717, 1.165) is 19.6 Å². The number of aromatic amines is 1. The molecule has 2 unspecified atom stereocenters. The van der Waals surface area contributed by atoms with Crippen LogP contribution in [0.4, 0.5) is 13.2 Å². The fraction of sp³-hybridized carbons (Fsp3) is 0.524. The maximum atomic E-state index is 13.1. The predicted molar refractivity (Wildman–Crippen MR) is 104 cm³/mol. The number of benzene rings is 1. The van der Waals surface area contributed by atoms with Crippen LogP contribution in [-0.2, 0) is 6.54 Å². The van der Waals surface area contributed by atoms with Gasteiger partial charge in [-0.15, -0.1) is 13.2 Å². The molecule has 1 saturated heterocycles. The molecule has 0 bridgehead atoms. The van der Waals surface area contributed by atoms with Crippen molar-refractivity contribution in [2.24, 2.45) is 17.8 Å². The predicted octanol–water partition coefficient (Wildman–Crippen LogP) is 3.46. The number of alkyl halides is 3. The van der Waals surface area contributed by atoms with E-state index in [9.17, 15) is 18.0 Å². The maximum Gasteiger partial charge on any atom is 0.573 e. The normalized spacial score (nSPS) is 23.3. The van der Waals surface area contributed by atoms with E-state index in [0.29, 0.717) is 35.6 Å². The lowest BCUT2D eigenvalue weighted by atomic mass is 10.1. The molecule has 1 aliphatic carbocycles. The second-order valence-corrected chi connectivity index (χ2v) is 8.12. The van der Waals surface area contributed by atoms with Crippen LogP contribution >= 0.6 is 0 Å². The Morgan fingerprint density at radius 2 is 2.07 bits per heavy atom. The van der Waals surface area contributed by atoms with Crippen molar-refractivity contribution in [3.8, 4) is 5.75 Å². The number of amides is 1. The van der Waals surface area contributed by atoms with Crippen LogP contribution in [-0.4, -0.2) is 58.2 Å². The van der Waals surface area contributed by atoms with Crippen molar-refractivity contribution in [1.82, 2.24) is 19.8 Å². The largest absolute Gasteiger partial charge is 0.573 e. The molecule has 2 aliphatic rings. The highest BCUT2D eigenvalue weighted by atomic mass is 19.4. The van der Waals surface area contributed by atoms with E-state index >= 15 is 0 Å². The minimum Gasteiger partial charge on any atom is -0.406 e. The Balaban J connectivity index is 1.49. The summed E-state index contributed by atoms with van der Waals surface area (Å²) in [5.41, 5.74) is 1.29. The number of piperidine rings is 1. The summed E-state index contributed by atoms with van der Waals surface area (Å²) in [7, 11) is 0. The lowest BCUT2D eigenvalue weighted by Crippen LogP contribution is -2.35. The first-order valence-electron chi connectivity index (χ1n) is 10.1. The molecule has 6 nitrogen and oxygen atoms in total. The number of fused-ring (bicyclic) bond motifs is 1. The number of aromatic nitrogens is 2. The highest BCUT2D eigenvalue weighted by Crippen LogP contribution is 2.52. The van der Waals surface area contributed by atoms with E-state index in [-0.39, 0.29) is 24.0 Å². The van der Waals surface area contributed by atoms with Crippen LogP contribution in [0.25, 0.3) is 0 Å². The number of hydrogen-bond donors (Lipinski definition) is 1. The molecule has 1 amide bonds. The zero-order valence-corrected chi connectivity index (χ0v) is 16.9. The first-order valence-corrected chi connectivity index (χ1v) is 10.1. The Kier molecular flexibility index (Phi) is 5.48. The Bertz CT molecular complexity index is 902. The smallest absolute Gasteiger partial charge is 0.406 e. The summed E-state index contributed by atoms with van der Waals surface area (Å²) >= 11 is 0. The Morgan fingerprint density at radius 1 is 1.33 bits per heavy atom. The molecule has 2 fully saturated rings. The summed E-state index contributed by atoms with van der Waals surface area (Å²) in [6.07, 6.45) is -3.09. The molecule has 1 aliphatic heterocycles. The number of hydrogen-bond acceptors (Lipinski definition) is 4. The van der Waals surface area contributed by atoms with E-state index in [4.69, 9.17) is 0 Å². The first kappa shape index (κ1) is 20.7. The van der Waals surface area contributed by atoms with Crippen molar-refractivity contribution >= 4 is 5.91 Å². The molecule has 4 rings (SSSR count). The molecule has 1 aromatic heterocycles. The standard InChI is InChI=1S/C21H25F3N4O2/c1-3-27-10-16-17(11-27)18(16)12-28(20(29)19-25-8-13(2)26-19)9-14-5-4-6-15(7-14)30-21(22,23)24/h4-8,16-18H,3,9-12H2,1-2H3,(H,25,26). The Labute approximate surface area is 173 Å². The summed E-state index contributed by atoms with van der Waals surface area (Å²) in [5.74, 6) is 1.29. The summed E-state index contributed by atoms with van der Waals surface area (Å²) < 4.78 is 41.7. The van der Waals surface area contributed by atoms with Crippen LogP contribution in [0.1, 0.15) is 28.8 Å². The third kappa shape index (κ3) is 4.61. The van der Waals surface area contributed by atoms with Gasteiger partial charge in [0.15, 0.2) is 5.82 Å². The lowest BCUT2D eigenvalue weighted by molar-refractivity contribution is -0.274. The molecule has 9 heteroatoms. The summed E-state index contributed by atoms with van der Waals surface area (Å²) in [6.45, 7) is 7.81. The topological polar surface area (TPSA) is 61.5 Å². The zero-order valence-electron chi connectivity index (χ0n) is 16.9. The fourth-order valence-corrected chi connectivity index (χ4v) is 4.47. The second-order valence-electron chi connectivity index (χ2n) is 8.12. The van der Waals surface area contributed by atoms with Gasteiger partial charge < -0.3 is 19.5 Å². The van der Waals surface area contributed by atoms with Crippen LogP contribution in [0, 0.1) is 24.7 Å². The fourth-order valence-electron chi connectivity index (χ4n) is 4.47. The summed E-state index contributed by atoms with van der Waals surface area (Å²) in [4.78, 5) is 24.3. The lowest BCUT2D eigenvalue weighted by Gasteiger charge is -2.24. The molecule has 1 aromatic carbocycles. The number of rotatable bonds is 7. The third-order valence-electron chi connectivity index (χ3n) is 6.03. The van der Waals surface area contributed by atoms with Crippen LogP contribution in [0.2, 0.25) is 0 Å². The molecule has 30 heavy (non-hydrogen) atoms. The number of nitrogens with one attached hydrogen (secondary N) is 1. The average Bonchev–Trinajstić information content (AvgIpc) is 3.03. The second kappa shape index (κ2) is 7.94. The number of likely N-dealkylation sites (tertiary alicyclic amines) is 1. The SMILES string of the molecule is CCN1CC2C(C1)C2CN(Cc1cccc(OC(F)(F)F)c1)C(=O)c1nc(C)c[nH]1. The van der Waals surface area contributed by atoms with Gasteiger partial charge in [0.2, 0.25) is 0 Å². The van der Waals surface area contributed by atoms with Crippen LogP contribution in [0.5, 0.6) is 5.75 Å². The number of carbonyl (C=O) groups excluding carboxylic acids is 1. The monoisotopic (exact) mass is 422 g/mol. The van der Waals surface area contributed by atoms with Crippen molar-refractivity contribution in [3.63, 3.8) is 0 Å². The number of halogens is 3. The van der Waals surface area contributed by atoms with Gasteiger partial charge in [-0.2, -0.15) is 0 Å². The summed E-state index contributed by atoms with van der Waals surface area (Å²) in [6, 6.07) is 5.78. The van der Waals surface area contributed by atoms with E-state index in [2.05, 4.69) is 26.5 Å². The van der Waals surface area contributed by atoms with Crippen LogP contribution in [0.3, 0.4) is 0 Å². The Hall–Kier alpha value is -2.55. The molecule has 2 atom stereocenters. The van der Waals surface area contributed by atoms with E-state index in [1.165, 1.54) is 18.2 Å². The van der Waals surface area contributed by atoms with Gasteiger partial charge in [0.25, 0.3) is 5.91 Å². The zero-order chi connectivity index (χ0) is 21.5. The molecule has 1 saturated carbocycles. The molecule has 2 heterocycles. The highest BCUT2D eigenvalue weighted by molar-refractivity contribution is 5.90. The van der Waals surface area contributed by atoms with Crippen molar-refractivity contribution in [3.05, 3.63) is 47.5 Å². The number of ether oxygens (including phenoxy) is 1. The number of imidazole rings is 1. The van der Waals surface area contributed by atoms with Crippen molar-refractivity contribution in [1.29, 1.82) is 0 Å². The number of aryl methyl sites for hydroxylation is 1. The average molecular weight is 422 g/mol. The molecular formula is C21H25F3N4O2. The van der Waals surface area contributed by atoms with Crippen LogP contribution in [0.15, 0.2) is 30.5 Å². The van der Waals surface area contributed by atoms with Gasteiger partial charge in [-0.05, 0) is 48.9 Å². The van der Waals surface area contributed by atoms with Gasteiger partial charge in [0, 0.05) is 32.4 Å². The minimum absolute atomic E-state index is 0.196. The number of carbonyl (C=O) groups is 1. The van der Waals surface area contributed by atoms with Gasteiger partial charge in [-0.25, -0.2) is 4.98 Å². The quantitative estimate of drug-likeness (QED) is 0.743. The van der Waals surface area contributed by atoms with Gasteiger partial charge in [0.1, 0.15) is 5.75 Å². The van der Waals surface area contributed by atoms with Gasteiger partial charge in [-0.1, -0.05) is 19.1 Å². The van der Waals surface area contributed by atoms with E-state index in [1.54, 1.807) is 24.1 Å². The van der Waals surface area contributed by atoms with Crippen molar-refractivity contribution in [2.45, 2.75) is 26.8 Å². The third-order valence-corrected chi connectivity index (χ3v) is 6.03. The Morgan fingerprint density at radius 3 is 2.67 bits per heavy atom. The number of nitrogens with zero attached hydrogens (tertiary/aromatic N) is 3. The molecule has 2 aromatic rings. The minimum atomic E-state index is -4.75. The molecular weight excluding hydrogens is 397 g/mol. The molecule has 1 N–H and O–H groups in total. The van der Waals surface area contributed by atoms with E-state index < -0.39 is 6.36 Å². The maximum absolute atomic E-state index is 13.1. The first-order chi connectivity index (χ1) is 14.2. The number of H-pyrrole nitrogens is 1. The molecule has 0 radical (unpaired) electrons. The molecule has 162 valence electrons. The highest BCUT2D eigenvalue weighted by Gasteiger charge is 2.55. The van der Waals surface area contributed by atoms with Gasteiger partial charge in [0.05, 0.1) is 5.69 Å². The van der Waals surface area contributed by atoms with E-state index in [1.807, 2.05) is 0 Å².